The third kappa shape index (κ3) is 5.06. The van der Waals surface area contributed by atoms with Crippen LogP contribution in [0.25, 0.3) is 15.6 Å². The molecule has 0 atom stereocenters. The Balaban J connectivity index is 0.00000256. The molecule has 0 N–H and O–H groups in total. The standard InChI is InChI=1S/C24H23N2O2S.Li/c1-19-11-13-22(14-12-19)29(27,28)25-16-15-21-18-26(17-20-7-3-2-4-8-20)24-10-6-5-9-23(21)24;/h2-14,18H,15-17H2,1H3;/q-1;+1. The van der Waals surface area contributed by atoms with Gasteiger partial charge in [-0.15, -0.1) is 6.54 Å². The van der Waals surface area contributed by atoms with Crippen molar-refractivity contribution in [2.24, 2.45) is 0 Å². The van der Waals surface area contributed by atoms with Crippen LogP contribution >= 0.6 is 0 Å². The number of hydrogen-bond acceptors (Lipinski definition) is 2. The van der Waals surface area contributed by atoms with Crippen LogP contribution in [-0.2, 0) is 23.0 Å². The summed E-state index contributed by atoms with van der Waals surface area (Å²) in [6.07, 6.45) is 2.69. The average molecular weight is 410 g/mol. The summed E-state index contributed by atoms with van der Waals surface area (Å²) < 4.78 is 31.2. The molecule has 0 aliphatic rings. The first-order valence-electron chi connectivity index (χ1n) is 9.64. The van der Waals surface area contributed by atoms with E-state index in [1.54, 1.807) is 24.3 Å². The van der Waals surface area contributed by atoms with Gasteiger partial charge < -0.3 is 9.29 Å². The van der Waals surface area contributed by atoms with Crippen LogP contribution in [0.5, 0.6) is 0 Å². The van der Waals surface area contributed by atoms with Gasteiger partial charge in [0.15, 0.2) is 0 Å². The van der Waals surface area contributed by atoms with Crippen molar-refractivity contribution in [3.8, 4) is 0 Å². The number of aromatic nitrogens is 1. The summed E-state index contributed by atoms with van der Waals surface area (Å²) in [4.78, 5) is 0.245. The van der Waals surface area contributed by atoms with Gasteiger partial charge in [0.2, 0.25) is 0 Å². The molecule has 0 aliphatic heterocycles. The number of sulfonamides is 1. The molecule has 0 unspecified atom stereocenters. The molecule has 0 fully saturated rings. The number of nitrogens with zero attached hydrogens (tertiary/aromatic N) is 2. The second-order valence-electron chi connectivity index (χ2n) is 7.18. The minimum absolute atomic E-state index is 0. The van der Waals surface area contributed by atoms with E-state index in [0.29, 0.717) is 6.42 Å². The summed E-state index contributed by atoms with van der Waals surface area (Å²) in [6.45, 7) is 2.94. The second kappa shape index (κ2) is 9.68. The quantitative estimate of drug-likeness (QED) is 0.439. The van der Waals surface area contributed by atoms with E-state index >= 15 is 0 Å². The molecule has 1 aromatic heterocycles. The number of fused-ring (bicyclic) bond motifs is 1. The van der Waals surface area contributed by atoms with E-state index in [-0.39, 0.29) is 30.3 Å². The maximum absolute atomic E-state index is 12.5. The SMILES string of the molecule is Cc1ccc(S(=O)(=O)[N-]CCc2cn(Cc3ccccc3)c3ccccc23)cc1.[Li+]. The number of hydrogen-bond donors (Lipinski definition) is 0. The van der Waals surface area contributed by atoms with Crippen molar-refractivity contribution in [2.45, 2.75) is 24.8 Å². The molecule has 4 aromatic rings. The largest absolute Gasteiger partial charge is 1.00 e. The zero-order valence-electron chi connectivity index (χ0n) is 17.3. The number of rotatable bonds is 7. The van der Waals surface area contributed by atoms with Crippen molar-refractivity contribution in [3.05, 3.63) is 106 Å². The van der Waals surface area contributed by atoms with Gasteiger partial charge in [-0.1, -0.05) is 66.2 Å². The van der Waals surface area contributed by atoms with Crippen LogP contribution in [0.3, 0.4) is 0 Å². The van der Waals surface area contributed by atoms with Gasteiger partial charge in [-0.05, 0) is 42.7 Å². The Morgan fingerprint density at radius 3 is 2.27 bits per heavy atom. The first-order valence-corrected chi connectivity index (χ1v) is 11.1. The van der Waals surface area contributed by atoms with Crippen LogP contribution in [-0.4, -0.2) is 19.5 Å². The third-order valence-corrected chi connectivity index (χ3v) is 6.42. The normalized spacial score (nSPS) is 11.4. The molecule has 6 heteroatoms. The summed E-state index contributed by atoms with van der Waals surface area (Å²) in [5.41, 5.74) is 4.51. The topological polar surface area (TPSA) is 53.2 Å². The van der Waals surface area contributed by atoms with E-state index in [4.69, 9.17) is 0 Å². The van der Waals surface area contributed by atoms with Crippen molar-refractivity contribution in [3.63, 3.8) is 0 Å². The van der Waals surface area contributed by atoms with Gasteiger partial charge in [-0.2, -0.15) is 0 Å². The first-order chi connectivity index (χ1) is 14.0. The van der Waals surface area contributed by atoms with Crippen LogP contribution in [0.2, 0.25) is 0 Å². The molecular weight excluding hydrogens is 387 g/mol. The van der Waals surface area contributed by atoms with Gasteiger partial charge in [0.05, 0.1) is 0 Å². The van der Waals surface area contributed by atoms with E-state index in [2.05, 4.69) is 39.8 Å². The van der Waals surface area contributed by atoms with Gasteiger partial charge in [0.25, 0.3) is 0 Å². The minimum Gasteiger partial charge on any atom is -0.544 e. The maximum Gasteiger partial charge on any atom is 1.00 e. The fraction of sp³-hybridized carbons (Fsp3) is 0.167. The second-order valence-corrected chi connectivity index (χ2v) is 8.86. The Hall–Kier alpha value is -2.29. The Kier molecular flexibility index (Phi) is 7.22. The number of para-hydroxylation sites is 1. The summed E-state index contributed by atoms with van der Waals surface area (Å²) in [7, 11) is -3.62. The summed E-state index contributed by atoms with van der Waals surface area (Å²) in [5, 5.41) is 1.14. The molecule has 0 saturated heterocycles. The molecule has 1 heterocycles. The van der Waals surface area contributed by atoms with Crippen molar-refractivity contribution >= 4 is 20.9 Å². The number of benzene rings is 3. The molecular formula is C24H23LiN2O2S. The van der Waals surface area contributed by atoms with E-state index < -0.39 is 10.0 Å². The Labute approximate surface area is 190 Å². The third-order valence-electron chi connectivity index (χ3n) is 5.03. The van der Waals surface area contributed by atoms with Gasteiger partial charge in [0, 0.05) is 28.5 Å². The summed E-state index contributed by atoms with van der Waals surface area (Å²) >= 11 is 0. The monoisotopic (exact) mass is 410 g/mol. The van der Waals surface area contributed by atoms with Crippen molar-refractivity contribution in [2.75, 3.05) is 6.54 Å². The van der Waals surface area contributed by atoms with Crippen molar-refractivity contribution in [1.82, 2.24) is 4.57 Å². The zero-order valence-corrected chi connectivity index (χ0v) is 18.1. The molecule has 3 aromatic carbocycles. The molecule has 4 rings (SSSR count). The molecule has 4 nitrogen and oxygen atoms in total. The predicted octanol–water partition coefficient (Wildman–Crippen LogP) is 2.31. The predicted molar refractivity (Wildman–Crippen MR) is 118 cm³/mol. The summed E-state index contributed by atoms with van der Waals surface area (Å²) in [6, 6.07) is 25.3. The van der Waals surface area contributed by atoms with Crippen LogP contribution in [0.1, 0.15) is 16.7 Å². The smallest absolute Gasteiger partial charge is 0.544 e. The van der Waals surface area contributed by atoms with E-state index in [1.165, 1.54) is 5.56 Å². The molecule has 0 amide bonds. The van der Waals surface area contributed by atoms with Crippen LogP contribution in [0.15, 0.2) is 90.0 Å². The summed E-state index contributed by atoms with van der Waals surface area (Å²) in [5.74, 6) is 0. The average Bonchev–Trinajstić information content (AvgIpc) is 3.07. The molecule has 0 aliphatic carbocycles. The molecule has 0 saturated carbocycles. The maximum atomic E-state index is 12.5. The molecule has 0 radical (unpaired) electrons. The molecule has 148 valence electrons. The fourth-order valence-corrected chi connectivity index (χ4v) is 4.46. The van der Waals surface area contributed by atoms with E-state index in [9.17, 15) is 8.42 Å². The van der Waals surface area contributed by atoms with Crippen LogP contribution < -0.4 is 18.9 Å². The first kappa shape index (κ1) is 22.4. The molecule has 30 heavy (non-hydrogen) atoms. The van der Waals surface area contributed by atoms with Gasteiger partial charge in [-0.3, -0.25) is 0 Å². The van der Waals surface area contributed by atoms with E-state index in [0.717, 1.165) is 28.6 Å². The zero-order chi connectivity index (χ0) is 20.3. The Bertz CT molecular complexity index is 1220. The van der Waals surface area contributed by atoms with Gasteiger partial charge in [0.1, 0.15) is 10.0 Å². The Morgan fingerprint density at radius 1 is 0.867 bits per heavy atom. The van der Waals surface area contributed by atoms with Crippen LogP contribution in [0, 0.1) is 6.92 Å². The number of aryl methyl sites for hydroxylation is 1. The van der Waals surface area contributed by atoms with Gasteiger partial charge >= 0.3 is 18.9 Å². The molecule has 0 spiro atoms. The Morgan fingerprint density at radius 2 is 1.53 bits per heavy atom. The van der Waals surface area contributed by atoms with E-state index in [1.807, 2.05) is 37.3 Å². The van der Waals surface area contributed by atoms with Crippen molar-refractivity contribution in [1.29, 1.82) is 0 Å². The minimum atomic E-state index is -3.62. The van der Waals surface area contributed by atoms with Crippen molar-refractivity contribution < 1.29 is 27.3 Å². The molecule has 0 bridgehead atoms. The fourth-order valence-electron chi connectivity index (χ4n) is 3.50. The van der Waals surface area contributed by atoms with Gasteiger partial charge in [-0.25, -0.2) is 8.42 Å². The van der Waals surface area contributed by atoms with Crippen LogP contribution in [0.4, 0.5) is 0 Å².